The Hall–Kier alpha value is -1.59. The SMILES string of the molecule is Cc1ccc(NC(=O)CN2CCC(C(C)O)C2)c(N)c1. The summed E-state index contributed by atoms with van der Waals surface area (Å²) >= 11 is 0. The molecule has 1 saturated heterocycles. The number of carbonyl (C=O) groups excluding carboxylic acids is 1. The Morgan fingerprint density at radius 2 is 2.35 bits per heavy atom. The highest BCUT2D eigenvalue weighted by molar-refractivity contribution is 5.95. The van der Waals surface area contributed by atoms with Gasteiger partial charge >= 0.3 is 0 Å². The Bertz CT molecular complexity index is 488. The Labute approximate surface area is 119 Å². The third-order valence-corrected chi connectivity index (χ3v) is 3.84. The number of aryl methyl sites for hydroxylation is 1. The Morgan fingerprint density at radius 3 is 2.95 bits per heavy atom. The number of hydrogen-bond donors (Lipinski definition) is 3. The van der Waals surface area contributed by atoms with Crippen molar-refractivity contribution in [2.75, 3.05) is 30.7 Å². The number of aliphatic hydroxyl groups is 1. The molecular formula is C15H23N3O2. The Morgan fingerprint density at radius 1 is 1.60 bits per heavy atom. The fourth-order valence-electron chi connectivity index (χ4n) is 2.59. The topological polar surface area (TPSA) is 78.6 Å². The first-order valence-corrected chi connectivity index (χ1v) is 7.02. The molecule has 0 spiro atoms. The summed E-state index contributed by atoms with van der Waals surface area (Å²) in [5, 5.41) is 12.4. The average Bonchev–Trinajstić information content (AvgIpc) is 2.81. The molecule has 1 aliphatic heterocycles. The summed E-state index contributed by atoms with van der Waals surface area (Å²) in [5.41, 5.74) is 8.19. The van der Waals surface area contributed by atoms with Gasteiger partial charge in [0.2, 0.25) is 5.91 Å². The smallest absolute Gasteiger partial charge is 0.238 e. The number of likely N-dealkylation sites (tertiary alicyclic amines) is 1. The van der Waals surface area contributed by atoms with Crippen LogP contribution in [-0.4, -0.2) is 41.7 Å². The van der Waals surface area contributed by atoms with Crippen LogP contribution < -0.4 is 11.1 Å². The maximum atomic E-state index is 12.0. The van der Waals surface area contributed by atoms with Gasteiger partial charge in [0.05, 0.1) is 24.0 Å². The molecule has 1 heterocycles. The molecule has 1 amide bonds. The molecule has 1 aromatic carbocycles. The molecular weight excluding hydrogens is 254 g/mol. The van der Waals surface area contributed by atoms with Crippen LogP contribution >= 0.6 is 0 Å². The molecule has 2 unspecified atom stereocenters. The molecule has 2 atom stereocenters. The maximum absolute atomic E-state index is 12.0. The molecule has 0 aromatic heterocycles. The number of nitrogen functional groups attached to an aromatic ring is 1. The van der Waals surface area contributed by atoms with E-state index in [1.807, 2.05) is 25.1 Å². The summed E-state index contributed by atoms with van der Waals surface area (Å²) in [5.74, 6) is 0.207. The van der Waals surface area contributed by atoms with E-state index in [-0.39, 0.29) is 17.9 Å². The highest BCUT2D eigenvalue weighted by Crippen LogP contribution is 2.21. The number of nitrogens with one attached hydrogen (secondary N) is 1. The van der Waals surface area contributed by atoms with Gasteiger partial charge in [0.25, 0.3) is 0 Å². The van der Waals surface area contributed by atoms with E-state index in [9.17, 15) is 9.90 Å². The zero-order valence-electron chi connectivity index (χ0n) is 12.1. The third kappa shape index (κ3) is 3.71. The molecule has 4 N–H and O–H groups in total. The maximum Gasteiger partial charge on any atom is 0.238 e. The van der Waals surface area contributed by atoms with E-state index in [1.165, 1.54) is 0 Å². The fraction of sp³-hybridized carbons (Fsp3) is 0.533. The van der Waals surface area contributed by atoms with Gasteiger partial charge in [-0.15, -0.1) is 0 Å². The first kappa shape index (κ1) is 14.8. The molecule has 0 bridgehead atoms. The van der Waals surface area contributed by atoms with Crippen LogP contribution in [0.3, 0.4) is 0 Å². The number of nitrogens with two attached hydrogens (primary N) is 1. The van der Waals surface area contributed by atoms with Gasteiger partial charge in [0, 0.05) is 6.54 Å². The monoisotopic (exact) mass is 277 g/mol. The number of hydrogen-bond acceptors (Lipinski definition) is 4. The minimum absolute atomic E-state index is 0.0632. The van der Waals surface area contributed by atoms with E-state index in [0.29, 0.717) is 17.9 Å². The summed E-state index contributed by atoms with van der Waals surface area (Å²) in [6, 6.07) is 5.59. The summed E-state index contributed by atoms with van der Waals surface area (Å²) in [4.78, 5) is 14.1. The summed E-state index contributed by atoms with van der Waals surface area (Å²) in [7, 11) is 0. The van der Waals surface area contributed by atoms with Gasteiger partial charge in [-0.2, -0.15) is 0 Å². The first-order valence-electron chi connectivity index (χ1n) is 7.02. The Kier molecular flexibility index (Phi) is 4.62. The van der Waals surface area contributed by atoms with Crippen molar-refractivity contribution in [2.24, 2.45) is 5.92 Å². The van der Waals surface area contributed by atoms with Gasteiger partial charge in [0.15, 0.2) is 0 Å². The predicted octanol–water partition coefficient (Wildman–Crippen LogP) is 1.22. The molecule has 0 aliphatic carbocycles. The van der Waals surface area contributed by atoms with Gasteiger partial charge in [0.1, 0.15) is 0 Å². The van der Waals surface area contributed by atoms with Crippen molar-refractivity contribution in [1.82, 2.24) is 4.90 Å². The lowest BCUT2D eigenvalue weighted by Crippen LogP contribution is -2.32. The molecule has 0 radical (unpaired) electrons. The van der Waals surface area contributed by atoms with Crippen LogP contribution in [-0.2, 0) is 4.79 Å². The summed E-state index contributed by atoms with van der Waals surface area (Å²) in [6.07, 6.45) is 0.633. The molecule has 1 aromatic rings. The highest BCUT2D eigenvalue weighted by Gasteiger charge is 2.27. The van der Waals surface area contributed by atoms with Crippen molar-refractivity contribution in [2.45, 2.75) is 26.4 Å². The molecule has 2 rings (SSSR count). The molecule has 1 aliphatic rings. The zero-order chi connectivity index (χ0) is 14.7. The first-order chi connectivity index (χ1) is 9.45. The number of carbonyl (C=O) groups is 1. The minimum atomic E-state index is -0.309. The van der Waals surface area contributed by atoms with Crippen LogP contribution in [0.15, 0.2) is 18.2 Å². The second-order valence-electron chi connectivity index (χ2n) is 5.66. The lowest BCUT2D eigenvalue weighted by atomic mass is 10.0. The van der Waals surface area contributed by atoms with Gasteiger partial charge in [-0.25, -0.2) is 0 Å². The molecule has 5 heteroatoms. The van der Waals surface area contributed by atoms with Crippen molar-refractivity contribution in [3.63, 3.8) is 0 Å². The van der Waals surface area contributed by atoms with E-state index in [4.69, 9.17) is 5.73 Å². The van der Waals surface area contributed by atoms with Crippen LogP contribution in [0.5, 0.6) is 0 Å². The van der Waals surface area contributed by atoms with Crippen molar-refractivity contribution < 1.29 is 9.90 Å². The van der Waals surface area contributed by atoms with Gasteiger partial charge in [-0.05, 0) is 50.4 Å². The van der Waals surface area contributed by atoms with Crippen LogP contribution in [0, 0.1) is 12.8 Å². The van der Waals surface area contributed by atoms with E-state index >= 15 is 0 Å². The van der Waals surface area contributed by atoms with Crippen molar-refractivity contribution in [3.8, 4) is 0 Å². The largest absolute Gasteiger partial charge is 0.397 e. The second-order valence-corrected chi connectivity index (χ2v) is 5.66. The quantitative estimate of drug-likeness (QED) is 0.723. The van der Waals surface area contributed by atoms with E-state index in [2.05, 4.69) is 10.2 Å². The van der Waals surface area contributed by atoms with Crippen molar-refractivity contribution >= 4 is 17.3 Å². The van der Waals surface area contributed by atoms with Crippen LogP contribution in [0.4, 0.5) is 11.4 Å². The summed E-state index contributed by atoms with van der Waals surface area (Å²) in [6.45, 7) is 5.74. The number of nitrogens with zero attached hydrogens (tertiary/aromatic N) is 1. The van der Waals surface area contributed by atoms with Gasteiger partial charge in [-0.3, -0.25) is 9.69 Å². The molecule has 20 heavy (non-hydrogen) atoms. The number of anilines is 2. The van der Waals surface area contributed by atoms with Crippen molar-refractivity contribution in [1.29, 1.82) is 0 Å². The van der Waals surface area contributed by atoms with Crippen molar-refractivity contribution in [3.05, 3.63) is 23.8 Å². The normalized spacial score (nSPS) is 20.9. The second kappa shape index (κ2) is 6.24. The van der Waals surface area contributed by atoms with E-state index in [0.717, 1.165) is 25.1 Å². The number of rotatable bonds is 4. The Balaban J connectivity index is 1.87. The van der Waals surface area contributed by atoms with Crippen LogP contribution in [0.2, 0.25) is 0 Å². The summed E-state index contributed by atoms with van der Waals surface area (Å²) < 4.78 is 0. The number of benzene rings is 1. The average molecular weight is 277 g/mol. The molecule has 0 saturated carbocycles. The van der Waals surface area contributed by atoms with Gasteiger partial charge < -0.3 is 16.2 Å². The van der Waals surface area contributed by atoms with Crippen LogP contribution in [0.1, 0.15) is 18.9 Å². The molecule has 1 fully saturated rings. The molecule has 110 valence electrons. The standard InChI is InChI=1S/C15H23N3O2/c1-10-3-4-14(13(16)7-10)17-15(20)9-18-6-5-12(8-18)11(2)19/h3-4,7,11-12,19H,5-6,8-9,16H2,1-2H3,(H,17,20). The minimum Gasteiger partial charge on any atom is -0.397 e. The molecule has 5 nitrogen and oxygen atoms in total. The fourth-order valence-corrected chi connectivity index (χ4v) is 2.59. The van der Waals surface area contributed by atoms with E-state index in [1.54, 1.807) is 6.92 Å². The number of amides is 1. The third-order valence-electron chi connectivity index (χ3n) is 3.84. The van der Waals surface area contributed by atoms with Gasteiger partial charge in [-0.1, -0.05) is 6.07 Å². The van der Waals surface area contributed by atoms with E-state index < -0.39 is 0 Å². The number of aliphatic hydroxyl groups excluding tert-OH is 1. The predicted molar refractivity (Wildman–Crippen MR) is 80.4 cm³/mol. The lowest BCUT2D eigenvalue weighted by molar-refractivity contribution is -0.117. The lowest BCUT2D eigenvalue weighted by Gasteiger charge is -2.17. The zero-order valence-corrected chi connectivity index (χ0v) is 12.1. The van der Waals surface area contributed by atoms with Crippen LogP contribution in [0.25, 0.3) is 0 Å². The highest BCUT2D eigenvalue weighted by atomic mass is 16.3.